The van der Waals surface area contributed by atoms with Crippen LogP contribution in [0.15, 0.2) is 24.3 Å². The summed E-state index contributed by atoms with van der Waals surface area (Å²) in [5.74, 6) is 1.21. The highest BCUT2D eigenvalue weighted by atomic mass is 19.4. The van der Waals surface area contributed by atoms with Gasteiger partial charge >= 0.3 is 6.18 Å². The summed E-state index contributed by atoms with van der Waals surface area (Å²) in [4.78, 5) is 2.17. The van der Waals surface area contributed by atoms with Crippen LogP contribution in [-0.2, 0) is 6.18 Å². The van der Waals surface area contributed by atoms with Gasteiger partial charge in [0.2, 0.25) is 0 Å². The van der Waals surface area contributed by atoms with E-state index in [-0.39, 0.29) is 0 Å². The maximum absolute atomic E-state index is 12.5. The fourth-order valence-electron chi connectivity index (χ4n) is 2.67. The van der Waals surface area contributed by atoms with Crippen molar-refractivity contribution in [1.82, 2.24) is 5.32 Å². The van der Waals surface area contributed by atoms with Gasteiger partial charge in [0.05, 0.1) is 5.56 Å². The first-order valence-electron chi connectivity index (χ1n) is 7.49. The van der Waals surface area contributed by atoms with Crippen LogP contribution in [-0.4, -0.2) is 26.2 Å². The highest BCUT2D eigenvalue weighted by Gasteiger charge is 2.30. The Labute approximate surface area is 124 Å². The molecule has 118 valence electrons. The minimum atomic E-state index is -4.26. The average Bonchev–Trinajstić information content (AvgIpc) is 2.86. The van der Waals surface area contributed by atoms with Crippen LogP contribution in [0.25, 0.3) is 0 Å². The quantitative estimate of drug-likeness (QED) is 0.890. The third-order valence-electron chi connectivity index (χ3n) is 3.83. The van der Waals surface area contributed by atoms with E-state index in [0.717, 1.165) is 38.3 Å². The molecule has 1 aliphatic rings. The van der Waals surface area contributed by atoms with E-state index in [0.29, 0.717) is 11.8 Å². The van der Waals surface area contributed by atoms with E-state index in [1.54, 1.807) is 12.1 Å². The number of halogens is 3. The lowest BCUT2D eigenvalue weighted by molar-refractivity contribution is -0.137. The highest BCUT2D eigenvalue weighted by molar-refractivity contribution is 5.49. The molecular formula is C16H23F3N2. The van der Waals surface area contributed by atoms with E-state index in [4.69, 9.17) is 0 Å². The smallest absolute Gasteiger partial charge is 0.371 e. The highest BCUT2D eigenvalue weighted by Crippen LogP contribution is 2.31. The van der Waals surface area contributed by atoms with Crippen molar-refractivity contribution in [3.05, 3.63) is 29.8 Å². The molecule has 0 aliphatic carbocycles. The van der Waals surface area contributed by atoms with Crippen LogP contribution < -0.4 is 10.2 Å². The molecule has 1 unspecified atom stereocenters. The second-order valence-electron chi connectivity index (χ2n) is 6.20. The third kappa shape index (κ3) is 4.63. The molecule has 0 spiro atoms. The Morgan fingerprint density at radius 2 is 1.90 bits per heavy atom. The van der Waals surface area contributed by atoms with E-state index in [1.807, 2.05) is 0 Å². The fraction of sp³-hybridized carbons (Fsp3) is 0.625. The van der Waals surface area contributed by atoms with Crippen LogP contribution in [0.4, 0.5) is 18.9 Å². The number of benzene rings is 1. The van der Waals surface area contributed by atoms with E-state index < -0.39 is 11.7 Å². The normalized spacial score (nSPS) is 19.5. The maximum atomic E-state index is 12.5. The predicted molar refractivity (Wildman–Crippen MR) is 79.5 cm³/mol. The summed E-state index contributed by atoms with van der Waals surface area (Å²) in [5, 5.41) is 3.45. The Hall–Kier alpha value is -1.23. The Kier molecular flexibility index (Phi) is 5.14. The van der Waals surface area contributed by atoms with Gasteiger partial charge < -0.3 is 10.2 Å². The van der Waals surface area contributed by atoms with Gasteiger partial charge in [-0.15, -0.1) is 0 Å². The summed E-state index contributed by atoms with van der Waals surface area (Å²) >= 11 is 0. The second kappa shape index (κ2) is 6.69. The van der Waals surface area contributed by atoms with Crippen molar-refractivity contribution in [2.45, 2.75) is 26.4 Å². The van der Waals surface area contributed by atoms with Crippen molar-refractivity contribution in [1.29, 1.82) is 0 Å². The Morgan fingerprint density at radius 1 is 1.24 bits per heavy atom. The van der Waals surface area contributed by atoms with Gasteiger partial charge in [0, 0.05) is 18.8 Å². The second-order valence-corrected chi connectivity index (χ2v) is 6.20. The minimum absolute atomic E-state index is 0.575. The van der Waals surface area contributed by atoms with Gasteiger partial charge in [-0.05, 0) is 55.6 Å². The number of hydrogen-bond donors (Lipinski definition) is 1. The lowest BCUT2D eigenvalue weighted by Crippen LogP contribution is -2.28. The molecule has 1 heterocycles. The topological polar surface area (TPSA) is 15.3 Å². The van der Waals surface area contributed by atoms with Crippen LogP contribution in [0.3, 0.4) is 0 Å². The predicted octanol–water partition coefficient (Wildman–Crippen LogP) is 3.78. The molecule has 0 amide bonds. The molecular weight excluding hydrogens is 277 g/mol. The number of rotatable bonds is 5. The molecule has 1 aliphatic heterocycles. The minimum Gasteiger partial charge on any atom is -0.371 e. The number of alkyl halides is 3. The van der Waals surface area contributed by atoms with E-state index in [9.17, 15) is 13.2 Å². The van der Waals surface area contributed by atoms with Crippen LogP contribution in [0.1, 0.15) is 25.8 Å². The summed E-state index contributed by atoms with van der Waals surface area (Å²) in [6.45, 7) is 8.17. The van der Waals surface area contributed by atoms with Gasteiger partial charge in [0.1, 0.15) is 0 Å². The molecule has 0 bridgehead atoms. The van der Waals surface area contributed by atoms with E-state index in [1.165, 1.54) is 12.1 Å². The summed E-state index contributed by atoms with van der Waals surface area (Å²) in [6, 6.07) is 5.48. The molecule has 1 atom stereocenters. The molecule has 1 aromatic rings. The molecule has 1 aromatic carbocycles. The third-order valence-corrected chi connectivity index (χ3v) is 3.83. The molecule has 21 heavy (non-hydrogen) atoms. The van der Waals surface area contributed by atoms with Gasteiger partial charge in [0.15, 0.2) is 0 Å². The molecule has 2 nitrogen and oxygen atoms in total. The van der Waals surface area contributed by atoms with Gasteiger partial charge in [-0.25, -0.2) is 0 Å². The summed E-state index contributed by atoms with van der Waals surface area (Å²) in [6.07, 6.45) is -3.17. The number of anilines is 1. The zero-order valence-corrected chi connectivity index (χ0v) is 12.6. The molecule has 1 saturated heterocycles. The zero-order valence-electron chi connectivity index (χ0n) is 12.6. The van der Waals surface area contributed by atoms with Crippen molar-refractivity contribution in [3.63, 3.8) is 0 Å². The Bertz CT molecular complexity index is 440. The standard InChI is InChI=1S/C16H23F3N2/c1-12(2)9-20-10-13-7-8-21(11-13)15-5-3-14(4-6-15)16(17,18)19/h3-6,12-13,20H,7-11H2,1-2H3. The van der Waals surface area contributed by atoms with E-state index >= 15 is 0 Å². The van der Waals surface area contributed by atoms with Crippen molar-refractivity contribution >= 4 is 5.69 Å². The largest absolute Gasteiger partial charge is 0.416 e. The first-order valence-corrected chi connectivity index (χ1v) is 7.49. The van der Waals surface area contributed by atoms with Crippen molar-refractivity contribution in [2.75, 3.05) is 31.1 Å². The number of hydrogen-bond acceptors (Lipinski definition) is 2. The van der Waals surface area contributed by atoms with Gasteiger partial charge in [0.25, 0.3) is 0 Å². The SMILES string of the molecule is CC(C)CNCC1CCN(c2ccc(C(F)(F)F)cc2)C1. The van der Waals surface area contributed by atoms with Crippen LogP contribution in [0.2, 0.25) is 0 Å². The number of nitrogens with zero attached hydrogens (tertiary/aromatic N) is 1. The van der Waals surface area contributed by atoms with Crippen molar-refractivity contribution in [2.24, 2.45) is 11.8 Å². The lowest BCUT2D eigenvalue weighted by Gasteiger charge is -2.20. The molecule has 0 saturated carbocycles. The van der Waals surface area contributed by atoms with Crippen LogP contribution >= 0.6 is 0 Å². The fourth-order valence-corrected chi connectivity index (χ4v) is 2.67. The Balaban J connectivity index is 1.86. The van der Waals surface area contributed by atoms with Gasteiger partial charge in [-0.2, -0.15) is 13.2 Å². The first-order chi connectivity index (χ1) is 9.86. The van der Waals surface area contributed by atoms with Crippen LogP contribution in [0, 0.1) is 11.8 Å². The summed E-state index contributed by atoms with van der Waals surface area (Å²) < 4.78 is 37.6. The monoisotopic (exact) mass is 300 g/mol. The van der Waals surface area contributed by atoms with Crippen molar-refractivity contribution < 1.29 is 13.2 Å². The van der Waals surface area contributed by atoms with Crippen molar-refractivity contribution in [3.8, 4) is 0 Å². The first kappa shape index (κ1) is 16.1. The molecule has 1 N–H and O–H groups in total. The molecule has 1 fully saturated rings. The zero-order chi connectivity index (χ0) is 15.5. The molecule has 0 aromatic heterocycles. The number of nitrogens with one attached hydrogen (secondary N) is 1. The molecule has 0 radical (unpaired) electrons. The molecule has 2 rings (SSSR count). The maximum Gasteiger partial charge on any atom is 0.416 e. The van der Waals surface area contributed by atoms with E-state index in [2.05, 4.69) is 24.1 Å². The average molecular weight is 300 g/mol. The summed E-state index contributed by atoms with van der Waals surface area (Å²) in [5.41, 5.74) is 0.301. The molecule has 5 heteroatoms. The van der Waals surface area contributed by atoms with Crippen LogP contribution in [0.5, 0.6) is 0 Å². The lowest BCUT2D eigenvalue weighted by atomic mass is 10.1. The van der Waals surface area contributed by atoms with Gasteiger partial charge in [-0.1, -0.05) is 13.8 Å². The van der Waals surface area contributed by atoms with Gasteiger partial charge in [-0.3, -0.25) is 0 Å². The Morgan fingerprint density at radius 3 is 2.48 bits per heavy atom. The summed E-state index contributed by atoms with van der Waals surface area (Å²) in [7, 11) is 0.